The summed E-state index contributed by atoms with van der Waals surface area (Å²) in [6.07, 6.45) is 3.83. The van der Waals surface area contributed by atoms with Crippen LogP contribution in [0.4, 0.5) is 5.69 Å². The fourth-order valence-electron chi connectivity index (χ4n) is 3.50. The first-order chi connectivity index (χ1) is 14.7. The van der Waals surface area contributed by atoms with E-state index in [-0.39, 0.29) is 5.91 Å². The van der Waals surface area contributed by atoms with Crippen LogP contribution in [0.1, 0.15) is 18.1 Å². The molecule has 0 aromatic heterocycles. The highest BCUT2D eigenvalue weighted by molar-refractivity contribution is 6.23. The summed E-state index contributed by atoms with van der Waals surface area (Å²) >= 11 is 0. The average Bonchev–Trinajstić information content (AvgIpc) is 3.11. The second-order valence-corrected chi connectivity index (χ2v) is 6.81. The molecule has 3 aromatic rings. The lowest BCUT2D eigenvalue weighted by Gasteiger charge is -2.22. The van der Waals surface area contributed by atoms with E-state index >= 15 is 0 Å². The molecular formula is C26H23NO3. The minimum absolute atomic E-state index is 0.0905. The van der Waals surface area contributed by atoms with E-state index in [4.69, 9.17) is 9.47 Å². The van der Waals surface area contributed by atoms with Gasteiger partial charge in [-0.05, 0) is 54.5 Å². The summed E-state index contributed by atoms with van der Waals surface area (Å²) in [4.78, 5) is 15.2. The third-order valence-corrected chi connectivity index (χ3v) is 4.89. The number of rotatable bonds is 6. The molecule has 3 aromatic carbocycles. The van der Waals surface area contributed by atoms with Crippen molar-refractivity contribution < 1.29 is 14.3 Å². The molecule has 0 saturated carbocycles. The highest BCUT2D eigenvalue weighted by Crippen LogP contribution is 2.39. The monoisotopic (exact) mass is 397 g/mol. The second-order valence-electron chi connectivity index (χ2n) is 6.81. The molecule has 1 aliphatic heterocycles. The summed E-state index contributed by atoms with van der Waals surface area (Å²) in [5.74, 6) is 1.37. The molecule has 4 heteroatoms. The predicted molar refractivity (Wildman–Crippen MR) is 120 cm³/mol. The van der Waals surface area contributed by atoms with Gasteiger partial charge in [0.1, 0.15) is 11.5 Å². The summed E-state index contributed by atoms with van der Waals surface area (Å²) in [5, 5.41) is 0. The van der Waals surface area contributed by atoms with Crippen molar-refractivity contribution in [2.45, 2.75) is 6.92 Å². The van der Waals surface area contributed by atoms with Crippen LogP contribution in [0.5, 0.6) is 11.5 Å². The number of methoxy groups -OCH3 is 1. The van der Waals surface area contributed by atoms with Gasteiger partial charge in [-0.1, -0.05) is 54.6 Å². The Balaban J connectivity index is 1.78. The number of hydrogen-bond donors (Lipinski definition) is 0. The number of nitrogens with zero attached hydrogens (tertiary/aromatic N) is 1. The zero-order chi connectivity index (χ0) is 20.9. The fourth-order valence-corrected chi connectivity index (χ4v) is 3.50. The largest absolute Gasteiger partial charge is 0.495 e. The summed E-state index contributed by atoms with van der Waals surface area (Å²) < 4.78 is 11.0. The molecular weight excluding hydrogens is 374 g/mol. The first-order valence-electron chi connectivity index (χ1n) is 9.90. The molecule has 0 atom stereocenters. The van der Waals surface area contributed by atoms with Gasteiger partial charge in [0.25, 0.3) is 5.91 Å². The third kappa shape index (κ3) is 3.85. The number of anilines is 1. The Morgan fingerprint density at radius 3 is 2.30 bits per heavy atom. The van der Waals surface area contributed by atoms with Crippen molar-refractivity contribution in [2.24, 2.45) is 0 Å². The van der Waals surface area contributed by atoms with Gasteiger partial charge >= 0.3 is 0 Å². The number of ether oxygens (including phenoxy) is 2. The van der Waals surface area contributed by atoms with E-state index in [0.717, 1.165) is 28.3 Å². The Bertz CT molecular complexity index is 1100. The molecule has 0 spiro atoms. The lowest BCUT2D eigenvalue weighted by molar-refractivity contribution is -0.113. The molecule has 150 valence electrons. The van der Waals surface area contributed by atoms with Gasteiger partial charge in [0.2, 0.25) is 0 Å². The van der Waals surface area contributed by atoms with Crippen molar-refractivity contribution in [2.75, 3.05) is 18.6 Å². The summed E-state index contributed by atoms with van der Waals surface area (Å²) in [6.45, 7) is 2.57. The van der Waals surface area contributed by atoms with E-state index in [0.29, 0.717) is 17.9 Å². The molecule has 0 radical (unpaired) electrons. The molecule has 0 aliphatic carbocycles. The van der Waals surface area contributed by atoms with E-state index in [2.05, 4.69) is 0 Å². The maximum Gasteiger partial charge on any atom is 0.263 e. The van der Waals surface area contributed by atoms with E-state index in [9.17, 15) is 4.79 Å². The minimum Gasteiger partial charge on any atom is -0.495 e. The molecule has 1 amide bonds. The van der Waals surface area contributed by atoms with Crippen LogP contribution < -0.4 is 14.4 Å². The molecule has 30 heavy (non-hydrogen) atoms. The number of carbonyl (C=O) groups is 1. The molecule has 4 nitrogen and oxygen atoms in total. The fraction of sp³-hybridized carbons (Fsp3) is 0.115. The highest BCUT2D eigenvalue weighted by Gasteiger charge is 2.32. The van der Waals surface area contributed by atoms with Gasteiger partial charge in [0.05, 0.1) is 25.1 Å². The number of benzene rings is 3. The van der Waals surface area contributed by atoms with Crippen molar-refractivity contribution in [1.82, 2.24) is 0 Å². The third-order valence-electron chi connectivity index (χ3n) is 4.89. The Hall–Kier alpha value is -3.79. The highest BCUT2D eigenvalue weighted by atomic mass is 16.5. The maximum atomic E-state index is 13.5. The molecule has 0 saturated heterocycles. The standard InChI is InChI=1S/C26H23NO3/c1-3-30-22-15-13-19(14-16-22)17-21-18-24(20-9-5-4-6-10-20)27(26(21)28)23-11-7-8-12-25(23)29-2/h4-18H,3H2,1-2H3/b21-17+. The average molecular weight is 397 g/mol. The Morgan fingerprint density at radius 1 is 0.900 bits per heavy atom. The quantitative estimate of drug-likeness (QED) is 0.511. The predicted octanol–water partition coefficient (Wildman–Crippen LogP) is 5.57. The zero-order valence-corrected chi connectivity index (χ0v) is 17.0. The summed E-state index contributed by atoms with van der Waals surface area (Å²) in [5.41, 5.74) is 4.06. The Morgan fingerprint density at radius 2 is 1.60 bits per heavy atom. The first kappa shape index (κ1) is 19.5. The SMILES string of the molecule is CCOc1ccc(/C=C2\C=C(c3ccccc3)N(c3ccccc3OC)C2=O)cc1. The van der Waals surface area contributed by atoms with Crippen molar-refractivity contribution in [3.05, 3.63) is 102 Å². The molecule has 0 N–H and O–H groups in total. The van der Waals surface area contributed by atoms with Crippen LogP contribution >= 0.6 is 0 Å². The Kier molecular flexibility index (Phi) is 5.66. The van der Waals surface area contributed by atoms with Crippen LogP contribution in [-0.2, 0) is 4.79 Å². The zero-order valence-electron chi connectivity index (χ0n) is 17.0. The lowest BCUT2D eigenvalue weighted by atomic mass is 10.1. The van der Waals surface area contributed by atoms with Gasteiger partial charge in [0, 0.05) is 5.57 Å². The molecule has 1 heterocycles. The van der Waals surface area contributed by atoms with Crippen LogP contribution in [0.3, 0.4) is 0 Å². The molecule has 0 unspecified atom stereocenters. The topological polar surface area (TPSA) is 38.8 Å². The number of hydrogen-bond acceptors (Lipinski definition) is 3. The van der Waals surface area contributed by atoms with Crippen LogP contribution in [0.2, 0.25) is 0 Å². The Labute approximate surface area is 176 Å². The minimum atomic E-state index is -0.0905. The first-order valence-corrected chi connectivity index (χ1v) is 9.90. The van der Waals surface area contributed by atoms with Crippen molar-refractivity contribution in [3.8, 4) is 11.5 Å². The van der Waals surface area contributed by atoms with E-state index in [1.165, 1.54) is 0 Å². The van der Waals surface area contributed by atoms with Gasteiger partial charge < -0.3 is 9.47 Å². The molecule has 1 aliphatic rings. The molecule has 0 fully saturated rings. The van der Waals surface area contributed by atoms with Crippen LogP contribution in [0, 0.1) is 0 Å². The van der Waals surface area contributed by atoms with Gasteiger partial charge in [-0.2, -0.15) is 0 Å². The van der Waals surface area contributed by atoms with Crippen LogP contribution in [-0.4, -0.2) is 19.6 Å². The summed E-state index contributed by atoms with van der Waals surface area (Å²) in [7, 11) is 1.61. The van der Waals surface area contributed by atoms with Crippen LogP contribution in [0.25, 0.3) is 11.8 Å². The van der Waals surface area contributed by atoms with Gasteiger partial charge in [-0.15, -0.1) is 0 Å². The van der Waals surface area contributed by atoms with Crippen molar-refractivity contribution in [3.63, 3.8) is 0 Å². The number of para-hydroxylation sites is 2. The number of amides is 1. The van der Waals surface area contributed by atoms with Gasteiger partial charge in [0.15, 0.2) is 0 Å². The van der Waals surface area contributed by atoms with Crippen molar-refractivity contribution in [1.29, 1.82) is 0 Å². The van der Waals surface area contributed by atoms with Gasteiger partial charge in [-0.25, -0.2) is 0 Å². The second kappa shape index (κ2) is 8.70. The summed E-state index contributed by atoms with van der Waals surface area (Å²) in [6, 6.07) is 25.2. The molecule has 4 rings (SSSR count). The molecule has 0 bridgehead atoms. The maximum absolute atomic E-state index is 13.5. The normalized spacial score (nSPS) is 14.7. The van der Waals surface area contributed by atoms with Crippen molar-refractivity contribution >= 4 is 23.4 Å². The van der Waals surface area contributed by atoms with Crippen LogP contribution in [0.15, 0.2) is 90.5 Å². The smallest absolute Gasteiger partial charge is 0.263 e. The lowest BCUT2D eigenvalue weighted by Crippen LogP contribution is -2.25. The number of carbonyl (C=O) groups excluding carboxylic acids is 1. The van der Waals surface area contributed by atoms with E-state index in [1.807, 2.05) is 97.9 Å². The van der Waals surface area contributed by atoms with E-state index in [1.54, 1.807) is 12.0 Å². The van der Waals surface area contributed by atoms with E-state index < -0.39 is 0 Å². The van der Waals surface area contributed by atoms with Gasteiger partial charge in [-0.3, -0.25) is 9.69 Å².